The molecule has 0 radical (unpaired) electrons. The monoisotopic (exact) mass is 388 g/mol. The second-order valence-corrected chi connectivity index (χ2v) is 6.07. The van der Waals surface area contributed by atoms with Gasteiger partial charge in [0.25, 0.3) is 5.56 Å². The third-order valence-corrected chi connectivity index (χ3v) is 4.64. The Morgan fingerprint density at radius 1 is 1.70 bits per heavy atom. The minimum Gasteiger partial charge on any atom is -0.394 e. The van der Waals surface area contributed by atoms with E-state index in [4.69, 9.17) is 10.5 Å². The molecule has 4 atom stereocenters. The molecule has 0 bridgehead atoms. The first-order chi connectivity index (χ1) is 10.8. The van der Waals surface area contributed by atoms with E-state index in [-0.39, 0.29) is 17.3 Å². The SMILES string of the molecule is N#C[C@@]1(c2cnc3c(=O)[nH]c(N)nn23)O[C@H](CO)[C@H](O)C1(F)Br. The molecule has 1 aliphatic heterocycles. The number of anilines is 1. The number of aliphatic hydroxyl groups is 2. The lowest BCUT2D eigenvalue weighted by Gasteiger charge is -2.28. The van der Waals surface area contributed by atoms with Crippen molar-refractivity contribution in [2.45, 2.75) is 22.4 Å². The fraction of sp³-hybridized carbons (Fsp3) is 0.455. The molecule has 5 N–H and O–H groups in total. The summed E-state index contributed by atoms with van der Waals surface area (Å²) in [5, 5.41) is 32.5. The van der Waals surface area contributed by atoms with Gasteiger partial charge in [-0.25, -0.2) is 13.9 Å². The van der Waals surface area contributed by atoms with Crippen molar-refractivity contribution in [2.24, 2.45) is 0 Å². The van der Waals surface area contributed by atoms with E-state index in [2.05, 4.69) is 31.0 Å². The Morgan fingerprint density at radius 3 is 2.96 bits per heavy atom. The van der Waals surface area contributed by atoms with Gasteiger partial charge in [-0.1, -0.05) is 0 Å². The Morgan fingerprint density at radius 2 is 2.39 bits per heavy atom. The number of hydrogen-bond donors (Lipinski definition) is 4. The zero-order chi connectivity index (χ0) is 17.0. The molecular weight excluding hydrogens is 379 g/mol. The second kappa shape index (κ2) is 4.96. The first-order valence-electron chi connectivity index (χ1n) is 6.28. The van der Waals surface area contributed by atoms with Gasteiger partial charge >= 0.3 is 0 Å². The maximum atomic E-state index is 15.1. The summed E-state index contributed by atoms with van der Waals surface area (Å²) in [6.45, 7) is -0.727. The van der Waals surface area contributed by atoms with Crippen molar-refractivity contribution in [1.82, 2.24) is 19.6 Å². The van der Waals surface area contributed by atoms with Crippen LogP contribution in [0.3, 0.4) is 0 Å². The molecule has 23 heavy (non-hydrogen) atoms. The summed E-state index contributed by atoms with van der Waals surface area (Å²) in [5.41, 5.74) is 1.84. The Labute approximate surface area is 135 Å². The molecule has 2 aromatic rings. The molecule has 0 aliphatic carbocycles. The average Bonchev–Trinajstić information content (AvgIpc) is 2.99. The maximum absolute atomic E-state index is 15.1. The van der Waals surface area contributed by atoms with E-state index in [0.29, 0.717) is 0 Å². The van der Waals surface area contributed by atoms with Crippen LogP contribution >= 0.6 is 15.9 Å². The van der Waals surface area contributed by atoms with Crippen LogP contribution in [0.1, 0.15) is 5.69 Å². The zero-order valence-corrected chi connectivity index (χ0v) is 12.9. The number of halogens is 2. The molecule has 1 aliphatic rings. The number of imidazole rings is 1. The first kappa shape index (κ1) is 15.8. The summed E-state index contributed by atoms with van der Waals surface area (Å²) >= 11 is 2.66. The highest BCUT2D eigenvalue weighted by Gasteiger charge is 2.69. The van der Waals surface area contributed by atoms with Crippen molar-refractivity contribution >= 4 is 27.5 Å². The smallest absolute Gasteiger partial charge is 0.295 e. The molecular formula is C11H10BrFN6O4. The fourth-order valence-electron chi connectivity index (χ4n) is 2.48. The van der Waals surface area contributed by atoms with Crippen LogP contribution in [0.25, 0.3) is 5.65 Å². The number of nitrogens with two attached hydrogens (primary N) is 1. The molecule has 0 saturated carbocycles. The third-order valence-electron chi connectivity index (χ3n) is 3.61. The van der Waals surface area contributed by atoms with Crippen molar-refractivity contribution in [3.63, 3.8) is 0 Å². The fourth-order valence-corrected chi connectivity index (χ4v) is 3.17. The summed E-state index contributed by atoms with van der Waals surface area (Å²) < 4.78 is 18.4. The number of nitrogens with one attached hydrogen (secondary N) is 1. The van der Waals surface area contributed by atoms with Gasteiger partial charge in [-0.15, -0.1) is 5.10 Å². The number of H-pyrrole nitrogens is 1. The Hall–Kier alpha value is -2.07. The van der Waals surface area contributed by atoms with Gasteiger partial charge in [0.2, 0.25) is 21.8 Å². The number of nitriles is 1. The minimum atomic E-state index is -2.78. The summed E-state index contributed by atoms with van der Waals surface area (Å²) in [6.07, 6.45) is -2.21. The number of aromatic nitrogens is 4. The summed E-state index contributed by atoms with van der Waals surface area (Å²) in [4.78, 5) is 17.8. The lowest BCUT2D eigenvalue weighted by molar-refractivity contribution is -0.0588. The Bertz CT molecular complexity index is 876. The quantitative estimate of drug-likeness (QED) is 0.453. The van der Waals surface area contributed by atoms with Crippen LogP contribution in [0.15, 0.2) is 11.0 Å². The second-order valence-electron chi connectivity index (χ2n) is 4.92. The predicted octanol–water partition coefficient (Wildman–Crippen LogP) is -1.47. The van der Waals surface area contributed by atoms with Crippen LogP contribution in [0.4, 0.5) is 10.3 Å². The summed E-state index contributed by atoms with van der Waals surface area (Å²) in [5.74, 6) is -0.286. The van der Waals surface area contributed by atoms with Crippen LogP contribution in [0.5, 0.6) is 0 Å². The first-order valence-corrected chi connectivity index (χ1v) is 7.07. The number of ether oxygens (including phenoxy) is 1. The van der Waals surface area contributed by atoms with Crippen molar-refractivity contribution < 1.29 is 19.3 Å². The predicted molar refractivity (Wildman–Crippen MR) is 76.0 cm³/mol. The van der Waals surface area contributed by atoms with Gasteiger partial charge in [0.15, 0.2) is 0 Å². The highest BCUT2D eigenvalue weighted by Crippen LogP contribution is 2.52. The molecule has 12 heteroatoms. The van der Waals surface area contributed by atoms with Gasteiger partial charge in [-0.05, 0) is 15.9 Å². The van der Waals surface area contributed by atoms with Crippen LogP contribution in [0, 0.1) is 11.3 Å². The Kier molecular flexibility index (Phi) is 3.41. The number of hydrogen-bond acceptors (Lipinski definition) is 8. The summed E-state index contributed by atoms with van der Waals surface area (Å²) in [6, 6.07) is 1.63. The molecule has 3 rings (SSSR count). The number of nitrogens with zero attached hydrogens (tertiary/aromatic N) is 4. The van der Waals surface area contributed by atoms with E-state index < -0.39 is 34.6 Å². The summed E-state index contributed by atoms with van der Waals surface area (Å²) in [7, 11) is 0. The molecule has 0 amide bonds. The van der Waals surface area contributed by atoms with Crippen LogP contribution in [0.2, 0.25) is 0 Å². The zero-order valence-electron chi connectivity index (χ0n) is 11.3. The highest BCUT2D eigenvalue weighted by molar-refractivity contribution is 9.10. The number of aliphatic hydroxyl groups excluding tert-OH is 2. The number of alkyl halides is 2. The molecule has 3 heterocycles. The van der Waals surface area contributed by atoms with Gasteiger partial charge in [-0.2, -0.15) is 5.26 Å². The van der Waals surface area contributed by atoms with E-state index in [1.54, 1.807) is 6.07 Å². The highest BCUT2D eigenvalue weighted by atomic mass is 79.9. The van der Waals surface area contributed by atoms with Crippen molar-refractivity contribution in [3.8, 4) is 6.07 Å². The molecule has 1 fully saturated rings. The average molecular weight is 389 g/mol. The van der Waals surface area contributed by atoms with E-state index in [9.17, 15) is 20.3 Å². The van der Waals surface area contributed by atoms with Gasteiger partial charge in [-0.3, -0.25) is 9.78 Å². The lowest BCUT2D eigenvalue weighted by Crippen LogP contribution is -2.46. The maximum Gasteiger partial charge on any atom is 0.295 e. The molecule has 1 unspecified atom stereocenters. The van der Waals surface area contributed by atoms with E-state index in [1.165, 1.54) is 0 Å². The molecule has 0 spiro atoms. The number of rotatable bonds is 2. The lowest BCUT2D eigenvalue weighted by atomic mass is 9.94. The van der Waals surface area contributed by atoms with E-state index in [1.807, 2.05) is 0 Å². The van der Waals surface area contributed by atoms with Gasteiger partial charge in [0.1, 0.15) is 24.0 Å². The molecule has 0 aromatic carbocycles. The minimum absolute atomic E-state index is 0.238. The largest absolute Gasteiger partial charge is 0.394 e. The van der Waals surface area contributed by atoms with Crippen LogP contribution in [-0.2, 0) is 10.3 Å². The van der Waals surface area contributed by atoms with Crippen molar-refractivity contribution in [3.05, 3.63) is 22.2 Å². The normalized spacial score (nSPS) is 33.9. The standard InChI is InChI=1S/C11H10BrFN6O4/c12-11(13)6(21)4(2-20)23-10(11,3-14)5-1-16-7-8(22)17-9(15)18-19(5)7/h1,4,6,20-21H,2H2,(H3,15,17,18,22)/t4-,6+,10+,11?/m1/s1. The molecule has 2 aromatic heterocycles. The van der Waals surface area contributed by atoms with E-state index >= 15 is 4.39 Å². The molecule has 10 nitrogen and oxygen atoms in total. The topological polar surface area (TPSA) is 163 Å². The Balaban J connectivity index is 2.32. The van der Waals surface area contributed by atoms with Gasteiger partial charge in [0, 0.05) is 0 Å². The third kappa shape index (κ3) is 1.91. The number of nitrogen functional groups attached to an aromatic ring is 1. The molecule has 1 saturated heterocycles. The van der Waals surface area contributed by atoms with Crippen molar-refractivity contribution in [1.29, 1.82) is 5.26 Å². The number of fused-ring (bicyclic) bond motifs is 1. The number of aromatic amines is 1. The van der Waals surface area contributed by atoms with Crippen LogP contribution < -0.4 is 11.3 Å². The van der Waals surface area contributed by atoms with Gasteiger partial charge in [0.05, 0.1) is 12.8 Å². The van der Waals surface area contributed by atoms with Crippen LogP contribution in [-0.4, -0.2) is 53.2 Å². The van der Waals surface area contributed by atoms with Gasteiger partial charge < -0.3 is 20.7 Å². The van der Waals surface area contributed by atoms with E-state index in [0.717, 1.165) is 10.7 Å². The van der Waals surface area contributed by atoms with Crippen molar-refractivity contribution in [2.75, 3.05) is 12.3 Å². The molecule has 122 valence electrons.